The Hall–Kier alpha value is -0.0800. The zero-order valence-corrected chi connectivity index (χ0v) is 8.05. The summed E-state index contributed by atoms with van der Waals surface area (Å²) >= 11 is 0. The molecular formula is C10H20N2. The molecule has 0 aromatic carbocycles. The van der Waals surface area contributed by atoms with Gasteiger partial charge in [-0.15, -0.1) is 0 Å². The fraction of sp³-hybridized carbons (Fsp3) is 1.00. The van der Waals surface area contributed by atoms with Gasteiger partial charge < -0.3 is 5.32 Å². The highest BCUT2D eigenvalue weighted by Gasteiger charge is 2.33. The van der Waals surface area contributed by atoms with Crippen LogP contribution in [0.1, 0.15) is 32.6 Å². The van der Waals surface area contributed by atoms with E-state index in [4.69, 9.17) is 0 Å². The lowest BCUT2D eigenvalue weighted by molar-refractivity contribution is 0.203. The molecule has 2 aliphatic heterocycles. The highest BCUT2D eigenvalue weighted by molar-refractivity contribution is 4.91. The SMILES string of the molecule is CCCN1C2CCNCC1CC2. The molecule has 2 atom stereocenters. The Morgan fingerprint density at radius 2 is 2.08 bits per heavy atom. The third kappa shape index (κ3) is 1.50. The molecule has 0 aromatic rings. The predicted octanol–water partition coefficient (Wildman–Crippen LogP) is 1.22. The van der Waals surface area contributed by atoms with Crippen molar-refractivity contribution in [3.8, 4) is 0 Å². The van der Waals surface area contributed by atoms with Crippen molar-refractivity contribution in [1.82, 2.24) is 10.2 Å². The third-order valence-electron chi connectivity index (χ3n) is 3.29. The molecule has 0 spiro atoms. The predicted molar refractivity (Wildman–Crippen MR) is 51.3 cm³/mol. The minimum absolute atomic E-state index is 0.859. The van der Waals surface area contributed by atoms with Crippen LogP contribution < -0.4 is 5.32 Å². The van der Waals surface area contributed by atoms with Gasteiger partial charge in [0.25, 0.3) is 0 Å². The van der Waals surface area contributed by atoms with Gasteiger partial charge in [-0.2, -0.15) is 0 Å². The zero-order valence-electron chi connectivity index (χ0n) is 8.05. The lowest BCUT2D eigenvalue weighted by Gasteiger charge is -2.26. The maximum Gasteiger partial charge on any atom is 0.0224 e. The van der Waals surface area contributed by atoms with Gasteiger partial charge in [0.1, 0.15) is 0 Å². The molecule has 2 heteroatoms. The van der Waals surface area contributed by atoms with Gasteiger partial charge in [-0.1, -0.05) is 6.92 Å². The molecule has 2 unspecified atom stereocenters. The lowest BCUT2D eigenvalue weighted by Crippen LogP contribution is -2.38. The standard InChI is InChI=1S/C10H20N2/c1-2-7-12-9-3-4-10(12)8-11-6-5-9/h9-11H,2-8H2,1H3. The molecule has 2 bridgehead atoms. The smallest absolute Gasteiger partial charge is 0.0224 e. The van der Waals surface area contributed by atoms with Crippen LogP contribution in [0.4, 0.5) is 0 Å². The van der Waals surface area contributed by atoms with Crippen LogP contribution in [0.5, 0.6) is 0 Å². The van der Waals surface area contributed by atoms with Crippen LogP contribution in [0, 0.1) is 0 Å². The number of rotatable bonds is 2. The summed E-state index contributed by atoms with van der Waals surface area (Å²) < 4.78 is 0. The summed E-state index contributed by atoms with van der Waals surface area (Å²) in [5, 5.41) is 3.53. The van der Waals surface area contributed by atoms with Crippen molar-refractivity contribution in [3.63, 3.8) is 0 Å². The Bertz CT molecular complexity index is 133. The molecule has 2 saturated heterocycles. The summed E-state index contributed by atoms with van der Waals surface area (Å²) in [5.74, 6) is 0. The van der Waals surface area contributed by atoms with Crippen molar-refractivity contribution >= 4 is 0 Å². The Labute approximate surface area is 75.3 Å². The van der Waals surface area contributed by atoms with E-state index in [1.54, 1.807) is 0 Å². The van der Waals surface area contributed by atoms with Gasteiger partial charge in [-0.25, -0.2) is 0 Å². The van der Waals surface area contributed by atoms with Crippen molar-refractivity contribution in [1.29, 1.82) is 0 Å². The number of nitrogens with one attached hydrogen (secondary N) is 1. The molecule has 0 saturated carbocycles. The highest BCUT2D eigenvalue weighted by Crippen LogP contribution is 2.27. The lowest BCUT2D eigenvalue weighted by atomic mass is 10.1. The van der Waals surface area contributed by atoms with E-state index in [0.717, 1.165) is 12.1 Å². The molecule has 2 aliphatic rings. The minimum Gasteiger partial charge on any atom is -0.315 e. The molecule has 2 heterocycles. The zero-order chi connectivity index (χ0) is 8.39. The average molecular weight is 168 g/mol. The molecule has 2 fully saturated rings. The van der Waals surface area contributed by atoms with Gasteiger partial charge in [0.05, 0.1) is 0 Å². The molecule has 2 rings (SSSR count). The molecule has 0 amide bonds. The van der Waals surface area contributed by atoms with Crippen molar-refractivity contribution in [2.24, 2.45) is 0 Å². The van der Waals surface area contributed by atoms with E-state index in [9.17, 15) is 0 Å². The van der Waals surface area contributed by atoms with Gasteiger partial charge in [0.2, 0.25) is 0 Å². The fourth-order valence-electron chi connectivity index (χ4n) is 2.70. The summed E-state index contributed by atoms with van der Waals surface area (Å²) in [4.78, 5) is 2.74. The highest BCUT2D eigenvalue weighted by atomic mass is 15.2. The second-order valence-corrected chi connectivity index (χ2v) is 4.12. The quantitative estimate of drug-likeness (QED) is 0.667. The summed E-state index contributed by atoms with van der Waals surface area (Å²) in [7, 11) is 0. The first-order valence-corrected chi connectivity index (χ1v) is 5.38. The van der Waals surface area contributed by atoms with Crippen LogP contribution in [0.3, 0.4) is 0 Å². The van der Waals surface area contributed by atoms with E-state index in [1.165, 1.54) is 45.3 Å². The topological polar surface area (TPSA) is 15.3 Å². The van der Waals surface area contributed by atoms with Crippen LogP contribution in [0.15, 0.2) is 0 Å². The largest absolute Gasteiger partial charge is 0.315 e. The van der Waals surface area contributed by atoms with Crippen molar-refractivity contribution < 1.29 is 0 Å². The van der Waals surface area contributed by atoms with Gasteiger partial charge >= 0.3 is 0 Å². The van der Waals surface area contributed by atoms with Gasteiger partial charge in [-0.3, -0.25) is 4.90 Å². The number of hydrogen-bond donors (Lipinski definition) is 1. The third-order valence-corrected chi connectivity index (χ3v) is 3.29. The van der Waals surface area contributed by atoms with Crippen molar-refractivity contribution in [2.75, 3.05) is 19.6 Å². The van der Waals surface area contributed by atoms with Crippen molar-refractivity contribution in [3.05, 3.63) is 0 Å². The first kappa shape index (κ1) is 8.52. The molecule has 0 aromatic heterocycles. The number of nitrogens with zero attached hydrogens (tertiary/aromatic N) is 1. The van der Waals surface area contributed by atoms with Gasteiger partial charge in [-0.05, 0) is 38.8 Å². The monoisotopic (exact) mass is 168 g/mol. The Morgan fingerprint density at radius 1 is 1.25 bits per heavy atom. The Balaban J connectivity index is 1.99. The van der Waals surface area contributed by atoms with E-state index in [-0.39, 0.29) is 0 Å². The fourth-order valence-corrected chi connectivity index (χ4v) is 2.70. The second-order valence-electron chi connectivity index (χ2n) is 4.12. The van der Waals surface area contributed by atoms with Crippen LogP contribution >= 0.6 is 0 Å². The molecule has 1 N–H and O–H groups in total. The van der Waals surface area contributed by atoms with Gasteiger partial charge in [0.15, 0.2) is 0 Å². The summed E-state index contributed by atoms with van der Waals surface area (Å²) in [5.41, 5.74) is 0. The Kier molecular flexibility index (Phi) is 2.66. The minimum atomic E-state index is 0.859. The van der Waals surface area contributed by atoms with Crippen LogP contribution in [-0.4, -0.2) is 36.6 Å². The Morgan fingerprint density at radius 3 is 2.92 bits per heavy atom. The summed E-state index contributed by atoms with van der Waals surface area (Å²) in [6.07, 6.45) is 5.56. The first-order chi connectivity index (χ1) is 5.92. The molecule has 2 nitrogen and oxygen atoms in total. The van der Waals surface area contributed by atoms with E-state index in [0.29, 0.717) is 0 Å². The first-order valence-electron chi connectivity index (χ1n) is 5.38. The molecular weight excluding hydrogens is 148 g/mol. The van der Waals surface area contributed by atoms with Crippen LogP contribution in [0.2, 0.25) is 0 Å². The van der Waals surface area contributed by atoms with E-state index < -0.39 is 0 Å². The maximum atomic E-state index is 3.53. The second kappa shape index (κ2) is 3.75. The molecule has 12 heavy (non-hydrogen) atoms. The molecule has 70 valence electrons. The van der Waals surface area contributed by atoms with E-state index in [2.05, 4.69) is 17.1 Å². The van der Waals surface area contributed by atoms with E-state index >= 15 is 0 Å². The molecule has 0 aliphatic carbocycles. The normalized spacial score (nSPS) is 36.8. The van der Waals surface area contributed by atoms with Crippen LogP contribution in [0.25, 0.3) is 0 Å². The average Bonchev–Trinajstić information content (AvgIpc) is 2.26. The maximum absolute atomic E-state index is 3.53. The number of hydrogen-bond acceptors (Lipinski definition) is 2. The van der Waals surface area contributed by atoms with E-state index in [1.807, 2.05) is 0 Å². The van der Waals surface area contributed by atoms with Crippen molar-refractivity contribution in [2.45, 2.75) is 44.7 Å². The van der Waals surface area contributed by atoms with Crippen LogP contribution in [-0.2, 0) is 0 Å². The molecule has 0 radical (unpaired) electrons. The number of fused-ring (bicyclic) bond motifs is 2. The summed E-state index contributed by atoms with van der Waals surface area (Å²) in [6.45, 7) is 6.08. The van der Waals surface area contributed by atoms with Gasteiger partial charge in [0, 0.05) is 18.6 Å². The summed E-state index contributed by atoms with van der Waals surface area (Å²) in [6, 6.07) is 1.77.